The molecule has 0 aromatic carbocycles. The van der Waals surface area contributed by atoms with Gasteiger partial charge in [0.15, 0.2) is 0 Å². The van der Waals surface area contributed by atoms with Crippen molar-refractivity contribution in [3.8, 4) is 0 Å². The first-order chi connectivity index (χ1) is 9.93. The third-order valence-electron chi connectivity index (χ3n) is 6.45. The van der Waals surface area contributed by atoms with Crippen molar-refractivity contribution in [1.29, 1.82) is 0 Å². The van der Waals surface area contributed by atoms with Gasteiger partial charge in [-0.05, 0) is 43.6 Å². The van der Waals surface area contributed by atoms with Crippen molar-refractivity contribution in [2.45, 2.75) is 95.9 Å². The molecule has 0 aromatic rings. The van der Waals surface area contributed by atoms with Crippen LogP contribution in [-0.4, -0.2) is 12.6 Å². The Morgan fingerprint density at radius 3 is 2.00 bits per heavy atom. The summed E-state index contributed by atoms with van der Waals surface area (Å²) in [6.07, 6.45) is 21.1. The number of hydrogen-bond donors (Lipinski definition) is 1. The molecule has 0 bridgehead atoms. The Morgan fingerprint density at radius 2 is 1.35 bits per heavy atom. The lowest BCUT2D eigenvalue weighted by atomic mass is 9.69. The molecule has 1 heteroatoms. The molecule has 1 heterocycles. The van der Waals surface area contributed by atoms with Gasteiger partial charge in [0.25, 0.3) is 0 Å². The molecular formula is C19H35N. The summed E-state index contributed by atoms with van der Waals surface area (Å²) in [4.78, 5) is 0. The lowest BCUT2D eigenvalue weighted by Gasteiger charge is -2.40. The van der Waals surface area contributed by atoms with E-state index in [9.17, 15) is 0 Å². The average molecular weight is 277 g/mol. The summed E-state index contributed by atoms with van der Waals surface area (Å²) in [6.45, 7) is 1.29. The van der Waals surface area contributed by atoms with Crippen LogP contribution in [0.25, 0.3) is 0 Å². The normalized spacial score (nSPS) is 32.1. The van der Waals surface area contributed by atoms with Crippen LogP contribution in [0.1, 0.15) is 89.9 Å². The van der Waals surface area contributed by atoms with Crippen LogP contribution in [0.4, 0.5) is 0 Å². The molecule has 1 saturated heterocycles. The molecule has 0 aromatic heterocycles. The minimum absolute atomic E-state index is 0.869. The van der Waals surface area contributed by atoms with Gasteiger partial charge in [-0.1, -0.05) is 70.6 Å². The summed E-state index contributed by atoms with van der Waals surface area (Å²) >= 11 is 0. The fraction of sp³-hybridized carbons (Fsp3) is 1.00. The van der Waals surface area contributed by atoms with Gasteiger partial charge in [0.05, 0.1) is 0 Å². The molecule has 1 aliphatic heterocycles. The molecule has 0 spiro atoms. The summed E-state index contributed by atoms with van der Waals surface area (Å²) in [5, 5.41) is 3.91. The molecule has 3 aliphatic rings. The van der Waals surface area contributed by atoms with Crippen LogP contribution in [0, 0.1) is 17.8 Å². The molecule has 1 N–H and O–H groups in total. The Hall–Kier alpha value is -0.0400. The second-order valence-electron chi connectivity index (χ2n) is 7.86. The van der Waals surface area contributed by atoms with Gasteiger partial charge in [-0.25, -0.2) is 0 Å². The zero-order chi connectivity index (χ0) is 13.6. The minimum atomic E-state index is 0.869. The molecule has 1 nitrogen and oxygen atoms in total. The Kier molecular flexibility index (Phi) is 5.82. The first-order valence-electron chi connectivity index (χ1n) is 9.67. The molecular weight excluding hydrogens is 242 g/mol. The monoisotopic (exact) mass is 277 g/mol. The van der Waals surface area contributed by atoms with Crippen LogP contribution in [0.5, 0.6) is 0 Å². The fourth-order valence-corrected chi connectivity index (χ4v) is 5.30. The Morgan fingerprint density at radius 1 is 0.700 bits per heavy atom. The Bertz CT molecular complexity index is 239. The van der Waals surface area contributed by atoms with Gasteiger partial charge < -0.3 is 5.32 Å². The van der Waals surface area contributed by atoms with E-state index in [2.05, 4.69) is 5.32 Å². The van der Waals surface area contributed by atoms with Gasteiger partial charge >= 0.3 is 0 Å². The molecule has 2 saturated carbocycles. The van der Waals surface area contributed by atoms with Crippen molar-refractivity contribution in [2.24, 2.45) is 17.8 Å². The highest BCUT2D eigenvalue weighted by atomic mass is 14.9. The van der Waals surface area contributed by atoms with E-state index in [1.165, 1.54) is 90.0 Å². The lowest BCUT2D eigenvalue weighted by molar-refractivity contribution is 0.134. The average Bonchev–Trinajstić information content (AvgIpc) is 2.55. The zero-order valence-corrected chi connectivity index (χ0v) is 13.4. The smallest absolute Gasteiger partial charge is 0.00980 e. The summed E-state index contributed by atoms with van der Waals surface area (Å²) in [7, 11) is 0. The van der Waals surface area contributed by atoms with Gasteiger partial charge in [-0.15, -0.1) is 0 Å². The highest BCUT2D eigenvalue weighted by Gasteiger charge is 2.33. The fourth-order valence-electron chi connectivity index (χ4n) is 5.30. The number of piperidine rings is 1. The predicted octanol–water partition coefficient (Wildman–Crippen LogP) is 5.30. The molecule has 20 heavy (non-hydrogen) atoms. The Balaban J connectivity index is 1.61. The molecule has 3 rings (SSSR count). The summed E-state index contributed by atoms with van der Waals surface area (Å²) in [5.41, 5.74) is 0. The van der Waals surface area contributed by atoms with E-state index in [1.807, 2.05) is 0 Å². The van der Waals surface area contributed by atoms with E-state index in [0.29, 0.717) is 0 Å². The highest BCUT2D eigenvalue weighted by Crippen LogP contribution is 2.40. The molecule has 116 valence electrons. The maximum atomic E-state index is 3.91. The van der Waals surface area contributed by atoms with Crippen molar-refractivity contribution in [1.82, 2.24) is 5.32 Å². The van der Waals surface area contributed by atoms with Crippen LogP contribution in [0.2, 0.25) is 0 Å². The second-order valence-corrected chi connectivity index (χ2v) is 7.86. The quantitative estimate of drug-likeness (QED) is 0.735. The molecule has 3 fully saturated rings. The maximum absolute atomic E-state index is 3.91. The second kappa shape index (κ2) is 7.82. The zero-order valence-electron chi connectivity index (χ0n) is 13.4. The van der Waals surface area contributed by atoms with E-state index in [-0.39, 0.29) is 0 Å². The van der Waals surface area contributed by atoms with E-state index in [1.54, 1.807) is 6.42 Å². The first-order valence-corrected chi connectivity index (χ1v) is 9.67. The lowest BCUT2D eigenvalue weighted by Crippen LogP contribution is -2.44. The van der Waals surface area contributed by atoms with Gasteiger partial charge in [0.1, 0.15) is 0 Å². The van der Waals surface area contributed by atoms with E-state index in [0.717, 1.165) is 23.8 Å². The van der Waals surface area contributed by atoms with Crippen LogP contribution < -0.4 is 5.32 Å². The third kappa shape index (κ3) is 4.00. The number of hydrogen-bond acceptors (Lipinski definition) is 1. The van der Waals surface area contributed by atoms with Crippen LogP contribution in [0.15, 0.2) is 0 Å². The van der Waals surface area contributed by atoms with E-state index in [4.69, 9.17) is 0 Å². The summed E-state index contributed by atoms with van der Waals surface area (Å²) in [6, 6.07) is 0.869. The predicted molar refractivity (Wildman–Crippen MR) is 86.9 cm³/mol. The maximum Gasteiger partial charge on any atom is 0.00980 e. The standard InChI is InChI=1S/C19H35N/c1-3-9-16(10-4-1)15-18(17-11-5-2-6-12-17)19-13-7-8-14-20-19/h16-20H,1-15H2. The van der Waals surface area contributed by atoms with Gasteiger partial charge in [0.2, 0.25) is 0 Å². The van der Waals surface area contributed by atoms with Gasteiger partial charge in [-0.2, -0.15) is 0 Å². The molecule has 0 radical (unpaired) electrons. The van der Waals surface area contributed by atoms with E-state index < -0.39 is 0 Å². The van der Waals surface area contributed by atoms with Crippen LogP contribution in [0.3, 0.4) is 0 Å². The van der Waals surface area contributed by atoms with Gasteiger partial charge in [-0.3, -0.25) is 0 Å². The molecule has 2 aliphatic carbocycles. The van der Waals surface area contributed by atoms with Crippen LogP contribution in [-0.2, 0) is 0 Å². The summed E-state index contributed by atoms with van der Waals surface area (Å²) in [5.74, 6) is 3.14. The van der Waals surface area contributed by atoms with Crippen molar-refractivity contribution in [3.05, 3.63) is 0 Å². The molecule has 0 amide bonds. The molecule has 2 atom stereocenters. The van der Waals surface area contributed by atoms with Crippen molar-refractivity contribution < 1.29 is 0 Å². The van der Waals surface area contributed by atoms with E-state index >= 15 is 0 Å². The SMILES string of the molecule is C1CCC(CC(C2CCCCC2)C2CCCCN2)CC1. The van der Waals surface area contributed by atoms with Gasteiger partial charge in [0, 0.05) is 6.04 Å². The first kappa shape index (κ1) is 14.9. The van der Waals surface area contributed by atoms with Crippen molar-refractivity contribution >= 4 is 0 Å². The number of nitrogens with one attached hydrogen (secondary N) is 1. The molecule has 2 unspecified atom stereocenters. The minimum Gasteiger partial charge on any atom is -0.314 e. The number of rotatable bonds is 4. The highest BCUT2D eigenvalue weighted by molar-refractivity contribution is 4.87. The largest absolute Gasteiger partial charge is 0.314 e. The topological polar surface area (TPSA) is 12.0 Å². The van der Waals surface area contributed by atoms with Crippen molar-refractivity contribution in [2.75, 3.05) is 6.54 Å². The van der Waals surface area contributed by atoms with Crippen LogP contribution >= 0.6 is 0 Å². The third-order valence-corrected chi connectivity index (χ3v) is 6.45. The van der Waals surface area contributed by atoms with Crippen molar-refractivity contribution in [3.63, 3.8) is 0 Å². The summed E-state index contributed by atoms with van der Waals surface area (Å²) < 4.78 is 0. The Labute approximate surface area is 126 Å².